The lowest BCUT2D eigenvalue weighted by Gasteiger charge is -2.26. The minimum absolute atomic E-state index is 0.0146. The molecule has 2 aromatic carbocycles. The topological polar surface area (TPSA) is 38.8 Å². The second-order valence-corrected chi connectivity index (χ2v) is 8.19. The van der Waals surface area contributed by atoms with Crippen LogP contribution in [0.2, 0.25) is 20.1 Å². The third kappa shape index (κ3) is 5.05. The van der Waals surface area contributed by atoms with Gasteiger partial charge in [0.15, 0.2) is 5.75 Å². The van der Waals surface area contributed by atoms with Gasteiger partial charge in [-0.15, -0.1) is 0 Å². The lowest BCUT2D eigenvalue weighted by molar-refractivity contribution is 0.0507. The monoisotopic (exact) mass is 461 g/mol. The lowest BCUT2D eigenvalue weighted by Crippen LogP contribution is -2.37. The first kappa shape index (κ1) is 21.5. The zero-order valence-electron chi connectivity index (χ0n) is 15.2. The van der Waals surface area contributed by atoms with E-state index in [-0.39, 0.29) is 22.1 Å². The Morgan fingerprint density at radius 3 is 2.43 bits per heavy atom. The first-order chi connectivity index (χ1) is 13.4. The van der Waals surface area contributed by atoms with Gasteiger partial charge in [-0.3, -0.25) is 4.79 Å². The average molecular weight is 463 g/mol. The molecule has 1 aliphatic heterocycles. The summed E-state index contributed by atoms with van der Waals surface area (Å²) in [5.41, 5.74) is 1.17. The summed E-state index contributed by atoms with van der Waals surface area (Å²) in [7, 11) is 1.47. The molecule has 0 radical (unpaired) electrons. The van der Waals surface area contributed by atoms with Crippen LogP contribution in [-0.4, -0.2) is 37.2 Å². The van der Waals surface area contributed by atoms with Gasteiger partial charge in [-0.05, 0) is 42.7 Å². The van der Waals surface area contributed by atoms with Crippen molar-refractivity contribution in [2.75, 3.05) is 20.3 Å². The molecule has 4 nitrogen and oxygen atoms in total. The van der Waals surface area contributed by atoms with Gasteiger partial charge in [-0.25, -0.2) is 0 Å². The predicted molar refractivity (Wildman–Crippen MR) is 113 cm³/mol. The normalized spacial score (nSPS) is 16.2. The zero-order valence-corrected chi connectivity index (χ0v) is 18.2. The van der Waals surface area contributed by atoms with Crippen LogP contribution in [0.25, 0.3) is 0 Å². The van der Waals surface area contributed by atoms with E-state index in [4.69, 9.17) is 55.9 Å². The average Bonchev–Trinajstić information content (AvgIpc) is 3.15. The summed E-state index contributed by atoms with van der Waals surface area (Å²) in [4.78, 5) is 15.0. The van der Waals surface area contributed by atoms with Crippen molar-refractivity contribution in [3.05, 3.63) is 61.5 Å². The van der Waals surface area contributed by atoms with Crippen molar-refractivity contribution in [3.63, 3.8) is 0 Å². The van der Waals surface area contributed by atoms with Crippen molar-refractivity contribution in [1.29, 1.82) is 0 Å². The maximum Gasteiger partial charge on any atom is 0.254 e. The molecule has 3 rings (SSSR count). The number of benzene rings is 2. The molecule has 0 N–H and O–H groups in total. The van der Waals surface area contributed by atoms with E-state index in [9.17, 15) is 4.79 Å². The number of methoxy groups -OCH3 is 1. The van der Waals surface area contributed by atoms with Crippen molar-refractivity contribution in [3.8, 4) is 5.75 Å². The van der Waals surface area contributed by atoms with Crippen molar-refractivity contribution in [2.24, 2.45) is 0 Å². The Morgan fingerprint density at radius 2 is 1.86 bits per heavy atom. The van der Waals surface area contributed by atoms with Gasteiger partial charge < -0.3 is 14.4 Å². The summed E-state index contributed by atoms with van der Waals surface area (Å²) < 4.78 is 10.9. The molecule has 0 bridgehead atoms. The standard InChI is InChI=1S/C20H19Cl4NO3/c1-27-19-17(23)7-13(8-18(19)24)20(26)25(11-15-3-2-6-28-15)10-12-4-5-14(21)9-16(12)22/h4-5,7-9,15H,2-3,6,10-11H2,1H3/t15-/m1/s1. The highest BCUT2D eigenvalue weighted by Crippen LogP contribution is 2.34. The van der Waals surface area contributed by atoms with E-state index < -0.39 is 0 Å². The summed E-state index contributed by atoms with van der Waals surface area (Å²) in [6, 6.07) is 8.34. The molecule has 1 atom stereocenters. The highest BCUT2D eigenvalue weighted by Gasteiger charge is 2.25. The van der Waals surface area contributed by atoms with Crippen LogP contribution in [0.3, 0.4) is 0 Å². The highest BCUT2D eigenvalue weighted by molar-refractivity contribution is 6.37. The van der Waals surface area contributed by atoms with E-state index in [1.54, 1.807) is 29.2 Å². The number of carbonyl (C=O) groups excluding carboxylic acids is 1. The summed E-state index contributed by atoms with van der Waals surface area (Å²) >= 11 is 24.7. The van der Waals surface area contributed by atoms with E-state index in [0.29, 0.717) is 41.1 Å². The van der Waals surface area contributed by atoms with Gasteiger partial charge in [-0.2, -0.15) is 0 Å². The number of carbonyl (C=O) groups is 1. The molecule has 0 aliphatic carbocycles. The largest absolute Gasteiger partial charge is 0.494 e. The fourth-order valence-electron chi connectivity index (χ4n) is 3.17. The van der Waals surface area contributed by atoms with Gasteiger partial charge >= 0.3 is 0 Å². The van der Waals surface area contributed by atoms with Gasteiger partial charge in [0.1, 0.15) is 0 Å². The number of nitrogens with zero attached hydrogens (tertiary/aromatic N) is 1. The molecular formula is C20H19Cl4NO3. The SMILES string of the molecule is COc1c(Cl)cc(C(=O)N(Cc2ccc(Cl)cc2Cl)C[C@H]2CCCO2)cc1Cl. The van der Waals surface area contributed by atoms with E-state index in [1.165, 1.54) is 7.11 Å². The van der Waals surface area contributed by atoms with Gasteiger partial charge in [0.05, 0.1) is 23.3 Å². The quantitative estimate of drug-likeness (QED) is 0.518. The number of ether oxygens (including phenoxy) is 2. The molecule has 0 spiro atoms. The summed E-state index contributed by atoms with van der Waals surface area (Å²) in [5.74, 6) is 0.124. The molecule has 0 aromatic heterocycles. The third-order valence-electron chi connectivity index (χ3n) is 4.56. The fourth-order valence-corrected chi connectivity index (χ4v) is 4.28. The Hall–Kier alpha value is -1.17. The van der Waals surface area contributed by atoms with Crippen LogP contribution in [0.4, 0.5) is 0 Å². The number of halogens is 4. The second-order valence-electron chi connectivity index (χ2n) is 6.53. The van der Waals surface area contributed by atoms with Crippen molar-refractivity contribution >= 4 is 52.3 Å². The van der Waals surface area contributed by atoms with Gasteiger partial charge in [-0.1, -0.05) is 52.5 Å². The Labute approximate surface area is 184 Å². The highest BCUT2D eigenvalue weighted by atomic mass is 35.5. The Morgan fingerprint density at radius 1 is 1.14 bits per heavy atom. The minimum Gasteiger partial charge on any atom is -0.494 e. The van der Waals surface area contributed by atoms with Crippen LogP contribution < -0.4 is 4.74 Å². The molecule has 1 aliphatic rings. The second kappa shape index (κ2) is 9.55. The first-order valence-electron chi connectivity index (χ1n) is 8.77. The maximum absolute atomic E-state index is 13.3. The van der Waals surface area contributed by atoms with Crippen LogP contribution in [0.1, 0.15) is 28.8 Å². The van der Waals surface area contributed by atoms with Crippen molar-refractivity contribution in [2.45, 2.75) is 25.5 Å². The van der Waals surface area contributed by atoms with Crippen LogP contribution in [0.5, 0.6) is 5.75 Å². The first-order valence-corrected chi connectivity index (χ1v) is 10.3. The number of rotatable bonds is 6. The van der Waals surface area contributed by atoms with E-state index in [2.05, 4.69) is 0 Å². The molecule has 0 saturated carbocycles. The van der Waals surface area contributed by atoms with Crippen molar-refractivity contribution < 1.29 is 14.3 Å². The number of amides is 1. The molecule has 1 amide bonds. The summed E-state index contributed by atoms with van der Waals surface area (Å²) in [6.07, 6.45) is 1.87. The van der Waals surface area contributed by atoms with Gasteiger partial charge in [0, 0.05) is 35.3 Å². The van der Waals surface area contributed by atoms with Crippen LogP contribution >= 0.6 is 46.4 Å². The molecule has 1 heterocycles. The lowest BCUT2D eigenvalue weighted by atomic mass is 10.1. The Kier molecular flexibility index (Phi) is 7.35. The summed E-state index contributed by atoms with van der Waals surface area (Å²) in [5, 5.41) is 1.60. The fraction of sp³-hybridized carbons (Fsp3) is 0.350. The van der Waals surface area contributed by atoms with Crippen LogP contribution in [0, 0.1) is 0 Å². The Bertz CT molecular complexity index is 846. The molecule has 2 aromatic rings. The summed E-state index contributed by atoms with van der Waals surface area (Å²) in [6.45, 7) is 1.46. The van der Waals surface area contributed by atoms with Crippen LogP contribution in [-0.2, 0) is 11.3 Å². The molecule has 1 fully saturated rings. The molecule has 1 saturated heterocycles. The number of hydrogen-bond acceptors (Lipinski definition) is 3. The predicted octanol–water partition coefficient (Wildman–Crippen LogP) is 6.13. The molecule has 0 unspecified atom stereocenters. The Balaban J connectivity index is 1.90. The minimum atomic E-state index is -0.215. The zero-order chi connectivity index (χ0) is 20.3. The van der Waals surface area contributed by atoms with Crippen LogP contribution in [0.15, 0.2) is 30.3 Å². The number of hydrogen-bond donors (Lipinski definition) is 0. The third-order valence-corrected chi connectivity index (χ3v) is 5.71. The van der Waals surface area contributed by atoms with Gasteiger partial charge in [0.2, 0.25) is 0 Å². The molecule has 8 heteroatoms. The molecular weight excluding hydrogens is 444 g/mol. The van der Waals surface area contributed by atoms with E-state index in [0.717, 1.165) is 18.4 Å². The van der Waals surface area contributed by atoms with Crippen molar-refractivity contribution in [1.82, 2.24) is 4.90 Å². The van der Waals surface area contributed by atoms with Gasteiger partial charge in [0.25, 0.3) is 5.91 Å². The molecule has 28 heavy (non-hydrogen) atoms. The smallest absolute Gasteiger partial charge is 0.254 e. The maximum atomic E-state index is 13.3. The molecule has 150 valence electrons. The van der Waals surface area contributed by atoms with E-state index in [1.807, 2.05) is 6.07 Å². The van der Waals surface area contributed by atoms with E-state index >= 15 is 0 Å².